The molecule has 0 saturated heterocycles. The molecule has 1 heterocycles. The van der Waals surface area contributed by atoms with Crippen LogP contribution in [0.3, 0.4) is 0 Å². The Kier molecular flexibility index (Phi) is 8.45. The van der Waals surface area contributed by atoms with Crippen LogP contribution in [-0.4, -0.2) is 24.7 Å². The fourth-order valence-corrected chi connectivity index (χ4v) is 3.50. The number of nitrogens with one attached hydrogen (secondary N) is 1. The second kappa shape index (κ2) is 12.3. The molecule has 8 heteroatoms. The standard InChI is InChI=1S/C28H21BrN2O5/c29-23-10-14-26(36-28(33)15-13-24-7-4-16-34-24)22(17-23)18-30-31-27(32)19-35-25-11-8-21(9-12-25)20-5-2-1-3-6-20/h1-18H,19H2,(H,31,32)/b15-13+,30-18-. The van der Waals surface area contributed by atoms with Gasteiger partial charge in [-0.15, -0.1) is 0 Å². The minimum Gasteiger partial charge on any atom is -0.484 e. The van der Waals surface area contributed by atoms with Gasteiger partial charge in [0.2, 0.25) is 0 Å². The van der Waals surface area contributed by atoms with E-state index in [2.05, 4.69) is 26.5 Å². The van der Waals surface area contributed by atoms with Crippen molar-refractivity contribution < 1.29 is 23.5 Å². The third-order valence-electron chi connectivity index (χ3n) is 4.83. The molecular weight excluding hydrogens is 524 g/mol. The van der Waals surface area contributed by atoms with Crippen LogP contribution in [0.15, 0.2) is 111 Å². The monoisotopic (exact) mass is 544 g/mol. The number of carbonyl (C=O) groups excluding carboxylic acids is 2. The fraction of sp³-hybridized carbons (Fsp3) is 0.0357. The van der Waals surface area contributed by atoms with Gasteiger partial charge in [0.05, 0.1) is 12.5 Å². The molecule has 0 fully saturated rings. The van der Waals surface area contributed by atoms with Crippen LogP contribution in [0.5, 0.6) is 11.5 Å². The minimum absolute atomic E-state index is 0.208. The number of benzene rings is 3. The molecular formula is C28H21BrN2O5. The SMILES string of the molecule is O=C(COc1ccc(-c2ccccc2)cc1)N/N=C\c1cc(Br)ccc1OC(=O)/C=C/c1ccco1. The van der Waals surface area contributed by atoms with Crippen LogP contribution in [-0.2, 0) is 9.59 Å². The van der Waals surface area contributed by atoms with E-state index in [0.717, 1.165) is 15.6 Å². The van der Waals surface area contributed by atoms with Crippen molar-refractivity contribution in [3.63, 3.8) is 0 Å². The van der Waals surface area contributed by atoms with E-state index in [1.165, 1.54) is 24.6 Å². The molecule has 1 amide bonds. The number of rotatable bonds is 9. The summed E-state index contributed by atoms with van der Waals surface area (Å²) in [6.07, 6.45) is 5.66. The molecule has 3 aromatic carbocycles. The molecule has 0 atom stereocenters. The van der Waals surface area contributed by atoms with E-state index in [4.69, 9.17) is 13.9 Å². The second-order valence-corrected chi connectivity index (χ2v) is 8.34. The molecule has 0 aliphatic carbocycles. The molecule has 1 N–H and O–H groups in total. The molecule has 4 aromatic rings. The first-order valence-electron chi connectivity index (χ1n) is 10.9. The molecule has 0 aliphatic rings. The Labute approximate surface area is 216 Å². The van der Waals surface area contributed by atoms with Crippen LogP contribution in [0.1, 0.15) is 11.3 Å². The molecule has 0 radical (unpaired) electrons. The fourth-order valence-electron chi connectivity index (χ4n) is 3.12. The normalized spacial score (nSPS) is 11.0. The van der Waals surface area contributed by atoms with Crippen molar-refractivity contribution in [3.05, 3.63) is 113 Å². The van der Waals surface area contributed by atoms with Crippen molar-refractivity contribution in [2.45, 2.75) is 0 Å². The zero-order valence-electron chi connectivity index (χ0n) is 19.0. The van der Waals surface area contributed by atoms with Gasteiger partial charge in [-0.3, -0.25) is 4.79 Å². The maximum atomic E-state index is 12.2. The summed E-state index contributed by atoms with van der Waals surface area (Å²) in [6.45, 7) is -0.208. The number of esters is 1. The van der Waals surface area contributed by atoms with Crippen LogP contribution in [0.4, 0.5) is 0 Å². The third kappa shape index (κ3) is 7.28. The van der Waals surface area contributed by atoms with Gasteiger partial charge in [-0.25, -0.2) is 10.2 Å². The molecule has 180 valence electrons. The summed E-state index contributed by atoms with van der Waals surface area (Å²) in [4.78, 5) is 24.3. The molecule has 1 aromatic heterocycles. The van der Waals surface area contributed by atoms with Gasteiger partial charge in [0.15, 0.2) is 6.61 Å². The summed E-state index contributed by atoms with van der Waals surface area (Å²) in [5, 5.41) is 3.95. The van der Waals surface area contributed by atoms with Gasteiger partial charge in [0.1, 0.15) is 17.3 Å². The molecule has 0 saturated carbocycles. The lowest BCUT2D eigenvalue weighted by atomic mass is 10.1. The number of nitrogens with zero attached hydrogens (tertiary/aromatic N) is 1. The van der Waals surface area contributed by atoms with E-state index >= 15 is 0 Å². The quantitative estimate of drug-likeness (QED) is 0.0936. The molecule has 0 unspecified atom stereocenters. The Bertz CT molecular complexity index is 1370. The van der Waals surface area contributed by atoms with Crippen molar-refractivity contribution in [1.29, 1.82) is 0 Å². The van der Waals surface area contributed by atoms with Crippen LogP contribution < -0.4 is 14.9 Å². The molecule has 0 spiro atoms. The largest absolute Gasteiger partial charge is 0.484 e. The van der Waals surface area contributed by atoms with Gasteiger partial charge in [0.25, 0.3) is 5.91 Å². The summed E-state index contributed by atoms with van der Waals surface area (Å²) in [6, 6.07) is 25.9. The van der Waals surface area contributed by atoms with Gasteiger partial charge >= 0.3 is 5.97 Å². The van der Waals surface area contributed by atoms with E-state index in [9.17, 15) is 9.59 Å². The number of amides is 1. The third-order valence-corrected chi connectivity index (χ3v) is 5.33. The van der Waals surface area contributed by atoms with E-state index in [-0.39, 0.29) is 12.4 Å². The Morgan fingerprint density at radius 1 is 0.944 bits per heavy atom. The average molecular weight is 545 g/mol. The maximum absolute atomic E-state index is 12.2. The highest BCUT2D eigenvalue weighted by molar-refractivity contribution is 9.10. The predicted molar refractivity (Wildman–Crippen MR) is 141 cm³/mol. The van der Waals surface area contributed by atoms with E-state index in [1.807, 2.05) is 42.5 Å². The van der Waals surface area contributed by atoms with Crippen LogP contribution in [0, 0.1) is 0 Å². The summed E-state index contributed by atoms with van der Waals surface area (Å²) >= 11 is 3.38. The Balaban J connectivity index is 1.30. The van der Waals surface area contributed by atoms with E-state index < -0.39 is 11.9 Å². The number of hydrazone groups is 1. The highest BCUT2D eigenvalue weighted by atomic mass is 79.9. The summed E-state index contributed by atoms with van der Waals surface area (Å²) in [5.74, 6) is 0.353. The lowest BCUT2D eigenvalue weighted by molar-refractivity contribution is -0.129. The van der Waals surface area contributed by atoms with Crippen molar-refractivity contribution in [1.82, 2.24) is 5.43 Å². The first-order chi connectivity index (χ1) is 17.6. The van der Waals surface area contributed by atoms with Crippen molar-refractivity contribution >= 4 is 40.1 Å². The van der Waals surface area contributed by atoms with E-state index in [1.54, 1.807) is 42.5 Å². The van der Waals surface area contributed by atoms with Gasteiger partial charge in [-0.1, -0.05) is 58.4 Å². The first kappa shape index (κ1) is 24.7. The lowest BCUT2D eigenvalue weighted by Crippen LogP contribution is -2.24. The Morgan fingerprint density at radius 2 is 1.72 bits per heavy atom. The number of ether oxygens (including phenoxy) is 2. The van der Waals surface area contributed by atoms with Gasteiger partial charge in [0, 0.05) is 16.1 Å². The van der Waals surface area contributed by atoms with Crippen molar-refractivity contribution in [2.75, 3.05) is 6.61 Å². The highest BCUT2D eigenvalue weighted by Gasteiger charge is 2.08. The van der Waals surface area contributed by atoms with Gasteiger partial charge in [-0.2, -0.15) is 5.10 Å². The number of carbonyl (C=O) groups is 2. The zero-order valence-corrected chi connectivity index (χ0v) is 20.6. The Hall–Kier alpha value is -4.43. The second-order valence-electron chi connectivity index (χ2n) is 7.42. The minimum atomic E-state index is -0.584. The van der Waals surface area contributed by atoms with Crippen LogP contribution in [0.25, 0.3) is 17.2 Å². The summed E-state index contributed by atoms with van der Waals surface area (Å²) < 4.78 is 16.8. The van der Waals surface area contributed by atoms with Crippen molar-refractivity contribution in [2.24, 2.45) is 5.10 Å². The highest BCUT2D eigenvalue weighted by Crippen LogP contribution is 2.23. The lowest BCUT2D eigenvalue weighted by Gasteiger charge is -2.07. The smallest absolute Gasteiger partial charge is 0.336 e. The molecule has 7 nitrogen and oxygen atoms in total. The van der Waals surface area contributed by atoms with Gasteiger partial charge in [-0.05, 0) is 59.7 Å². The number of hydrogen-bond acceptors (Lipinski definition) is 6. The van der Waals surface area contributed by atoms with Crippen LogP contribution in [0.2, 0.25) is 0 Å². The van der Waals surface area contributed by atoms with E-state index in [0.29, 0.717) is 17.1 Å². The van der Waals surface area contributed by atoms with Gasteiger partial charge < -0.3 is 13.9 Å². The zero-order chi connectivity index (χ0) is 25.2. The average Bonchev–Trinajstić information content (AvgIpc) is 3.42. The maximum Gasteiger partial charge on any atom is 0.336 e. The Morgan fingerprint density at radius 3 is 2.47 bits per heavy atom. The molecule has 0 bridgehead atoms. The number of hydrogen-bond donors (Lipinski definition) is 1. The predicted octanol–water partition coefficient (Wildman–Crippen LogP) is 5.86. The topological polar surface area (TPSA) is 90.1 Å². The van der Waals surface area contributed by atoms with Crippen LogP contribution >= 0.6 is 15.9 Å². The molecule has 36 heavy (non-hydrogen) atoms. The van der Waals surface area contributed by atoms with Crippen molar-refractivity contribution in [3.8, 4) is 22.6 Å². The molecule has 0 aliphatic heterocycles. The summed E-state index contributed by atoms with van der Waals surface area (Å²) in [5.41, 5.74) is 5.05. The summed E-state index contributed by atoms with van der Waals surface area (Å²) in [7, 11) is 0. The number of furan rings is 1. The number of halogens is 1. The first-order valence-corrected chi connectivity index (χ1v) is 11.7. The molecule has 4 rings (SSSR count).